The van der Waals surface area contributed by atoms with Gasteiger partial charge in [-0.15, -0.1) is 0 Å². The Morgan fingerprint density at radius 1 is 0.469 bits per heavy atom. The maximum Gasteiger partial charge on any atom is 0.329 e. The predicted octanol–water partition coefficient (Wildman–Crippen LogP) is -0.233. The molecule has 0 atom stereocenters. The molecular weight excluding hydrogens is 432 g/mol. The highest BCUT2D eigenvalue weighted by Crippen LogP contribution is 1.86. The molecule has 0 radical (unpaired) electrons. The van der Waals surface area contributed by atoms with E-state index in [0.29, 0.717) is 92.5 Å². The van der Waals surface area contributed by atoms with E-state index in [0.717, 1.165) is 0 Å². The molecule has 0 aliphatic rings. The number of carboxylic acids is 1. The van der Waals surface area contributed by atoms with Crippen LogP contribution in [-0.2, 0) is 52.2 Å². The molecule has 0 unspecified atom stereocenters. The van der Waals surface area contributed by atoms with Gasteiger partial charge in [0.15, 0.2) is 0 Å². The number of hydrogen-bond acceptors (Lipinski definition) is 11. The van der Waals surface area contributed by atoms with Crippen LogP contribution in [0.5, 0.6) is 0 Å². The zero-order valence-corrected chi connectivity index (χ0v) is 19.0. The summed E-state index contributed by atoms with van der Waals surface area (Å²) in [5.74, 6) is -1.31. The molecule has 0 saturated carbocycles. The minimum Gasteiger partial charge on any atom is -0.480 e. The Kier molecular flexibility index (Phi) is 24.8. The molecule has 32 heavy (non-hydrogen) atoms. The van der Waals surface area contributed by atoms with E-state index >= 15 is 0 Å². The van der Waals surface area contributed by atoms with E-state index in [9.17, 15) is 9.59 Å². The fourth-order valence-electron chi connectivity index (χ4n) is 1.94. The van der Waals surface area contributed by atoms with E-state index in [1.807, 2.05) is 0 Å². The lowest BCUT2D eigenvalue weighted by atomic mass is 10.6. The number of carbonyl (C=O) groups is 2. The first kappa shape index (κ1) is 30.6. The third-order valence-electron chi connectivity index (χ3n) is 3.36. The molecule has 0 aromatic rings. The summed E-state index contributed by atoms with van der Waals surface area (Å²) in [6.07, 6.45) is 0. The lowest BCUT2D eigenvalue weighted by molar-refractivity contribution is -0.143. The fraction of sp³-hybridized carbons (Fsp3) is 0.900. The van der Waals surface area contributed by atoms with Gasteiger partial charge in [-0.3, -0.25) is 4.79 Å². The molecule has 0 amide bonds. The van der Waals surface area contributed by atoms with Gasteiger partial charge in [-0.25, -0.2) is 4.79 Å². The standard InChI is InChI=1S/C20H38O12/c1-19(21)32-17-16-30-13-12-28-9-8-26-5-4-24-2-3-25-6-7-27-10-11-29-14-15-31-18-20(22)23/h2-18H2,1H3,(H,22,23). The van der Waals surface area contributed by atoms with Crippen molar-refractivity contribution in [2.24, 2.45) is 0 Å². The largest absolute Gasteiger partial charge is 0.480 e. The van der Waals surface area contributed by atoms with Gasteiger partial charge in [0.05, 0.1) is 99.1 Å². The van der Waals surface area contributed by atoms with Gasteiger partial charge in [-0.05, 0) is 0 Å². The van der Waals surface area contributed by atoms with Crippen LogP contribution in [-0.4, -0.2) is 129 Å². The van der Waals surface area contributed by atoms with Gasteiger partial charge in [0.2, 0.25) is 0 Å². The molecular formula is C20H38O12. The molecule has 0 spiro atoms. The average molecular weight is 471 g/mol. The number of ether oxygens (including phenoxy) is 9. The molecule has 1 N–H and O–H groups in total. The van der Waals surface area contributed by atoms with Crippen molar-refractivity contribution in [1.29, 1.82) is 0 Å². The topological polar surface area (TPSA) is 137 Å². The zero-order chi connectivity index (χ0) is 23.5. The van der Waals surface area contributed by atoms with Crippen molar-refractivity contribution in [2.75, 3.05) is 112 Å². The maximum atomic E-state index is 10.5. The summed E-state index contributed by atoms with van der Waals surface area (Å²) in [7, 11) is 0. The first-order valence-corrected chi connectivity index (χ1v) is 10.6. The number of rotatable bonds is 26. The summed E-state index contributed by atoms with van der Waals surface area (Å²) in [5, 5.41) is 8.38. The SMILES string of the molecule is CC(=O)OCCOCCOCCOCCOCCOCCOCCOCCOCC(=O)O. The molecule has 0 aliphatic carbocycles. The predicted molar refractivity (Wildman–Crippen MR) is 111 cm³/mol. The first-order chi connectivity index (χ1) is 15.6. The smallest absolute Gasteiger partial charge is 0.329 e. The van der Waals surface area contributed by atoms with E-state index in [1.54, 1.807) is 0 Å². The molecule has 0 heterocycles. The van der Waals surface area contributed by atoms with E-state index in [4.69, 9.17) is 47.7 Å². The minimum absolute atomic E-state index is 0.241. The first-order valence-electron chi connectivity index (χ1n) is 10.6. The van der Waals surface area contributed by atoms with Crippen LogP contribution in [0.1, 0.15) is 6.92 Å². The number of hydrogen-bond donors (Lipinski definition) is 1. The highest BCUT2D eigenvalue weighted by Gasteiger charge is 1.97. The quantitative estimate of drug-likeness (QED) is 0.132. The van der Waals surface area contributed by atoms with Crippen LogP contribution in [0.4, 0.5) is 0 Å². The van der Waals surface area contributed by atoms with Crippen molar-refractivity contribution >= 4 is 11.9 Å². The van der Waals surface area contributed by atoms with Gasteiger partial charge in [0.25, 0.3) is 0 Å². The summed E-state index contributed by atoms with van der Waals surface area (Å²) in [6.45, 7) is 7.74. The highest BCUT2D eigenvalue weighted by molar-refractivity contribution is 5.68. The Morgan fingerprint density at radius 3 is 0.969 bits per heavy atom. The van der Waals surface area contributed by atoms with Crippen LogP contribution in [0.15, 0.2) is 0 Å². The summed E-state index contributed by atoms with van der Waals surface area (Å²) in [5.41, 5.74) is 0. The maximum absolute atomic E-state index is 10.5. The Balaban J connectivity index is 3.02. The van der Waals surface area contributed by atoms with Crippen molar-refractivity contribution in [3.63, 3.8) is 0 Å². The average Bonchev–Trinajstić information content (AvgIpc) is 2.75. The summed E-state index contributed by atoms with van der Waals surface area (Å²) < 4.78 is 46.8. The van der Waals surface area contributed by atoms with Gasteiger partial charge in [0.1, 0.15) is 13.2 Å². The van der Waals surface area contributed by atoms with Crippen LogP contribution in [0, 0.1) is 0 Å². The lowest BCUT2D eigenvalue weighted by Gasteiger charge is -2.08. The fourth-order valence-corrected chi connectivity index (χ4v) is 1.94. The van der Waals surface area contributed by atoms with Crippen molar-refractivity contribution in [3.05, 3.63) is 0 Å². The summed E-state index contributed by atoms with van der Waals surface area (Å²) >= 11 is 0. The Bertz CT molecular complexity index is 383. The van der Waals surface area contributed by atoms with Crippen molar-refractivity contribution in [3.8, 4) is 0 Å². The summed E-state index contributed by atoms with van der Waals surface area (Å²) in [4.78, 5) is 20.7. The van der Waals surface area contributed by atoms with E-state index < -0.39 is 5.97 Å². The molecule has 0 saturated heterocycles. The van der Waals surface area contributed by atoms with Gasteiger partial charge in [-0.1, -0.05) is 0 Å². The second-order valence-electron chi connectivity index (χ2n) is 6.07. The monoisotopic (exact) mass is 470 g/mol. The van der Waals surface area contributed by atoms with Crippen molar-refractivity contribution < 1.29 is 57.3 Å². The van der Waals surface area contributed by atoms with Crippen LogP contribution < -0.4 is 0 Å². The van der Waals surface area contributed by atoms with Crippen LogP contribution >= 0.6 is 0 Å². The molecule has 0 fully saturated rings. The molecule has 12 heteroatoms. The van der Waals surface area contributed by atoms with Gasteiger partial charge < -0.3 is 47.7 Å². The second-order valence-corrected chi connectivity index (χ2v) is 6.07. The number of carboxylic acid groups (broad SMARTS) is 1. The Morgan fingerprint density at radius 2 is 0.719 bits per heavy atom. The molecule has 0 bridgehead atoms. The molecule has 12 nitrogen and oxygen atoms in total. The third kappa shape index (κ3) is 28.6. The molecule has 0 aromatic carbocycles. The van der Waals surface area contributed by atoms with Crippen molar-refractivity contribution in [2.45, 2.75) is 6.92 Å². The van der Waals surface area contributed by atoms with E-state index in [1.165, 1.54) is 6.92 Å². The second kappa shape index (κ2) is 25.9. The van der Waals surface area contributed by atoms with Gasteiger partial charge in [-0.2, -0.15) is 0 Å². The normalized spacial score (nSPS) is 11.0. The molecule has 0 aromatic heterocycles. The number of esters is 1. The highest BCUT2D eigenvalue weighted by atomic mass is 16.6. The molecule has 190 valence electrons. The molecule has 0 aliphatic heterocycles. The van der Waals surface area contributed by atoms with Crippen LogP contribution in [0.2, 0.25) is 0 Å². The van der Waals surface area contributed by atoms with Crippen molar-refractivity contribution in [1.82, 2.24) is 0 Å². The van der Waals surface area contributed by atoms with E-state index in [-0.39, 0.29) is 25.8 Å². The lowest BCUT2D eigenvalue weighted by Crippen LogP contribution is -2.15. The number of aliphatic carboxylic acids is 1. The third-order valence-corrected chi connectivity index (χ3v) is 3.36. The zero-order valence-electron chi connectivity index (χ0n) is 19.0. The van der Waals surface area contributed by atoms with Gasteiger partial charge >= 0.3 is 11.9 Å². The van der Waals surface area contributed by atoms with E-state index in [2.05, 4.69) is 0 Å². The minimum atomic E-state index is -0.997. The van der Waals surface area contributed by atoms with Crippen LogP contribution in [0.3, 0.4) is 0 Å². The Labute approximate surface area is 189 Å². The van der Waals surface area contributed by atoms with Gasteiger partial charge in [0, 0.05) is 6.92 Å². The molecule has 0 rings (SSSR count). The summed E-state index contributed by atoms with van der Waals surface area (Å²) in [6, 6.07) is 0. The van der Waals surface area contributed by atoms with Crippen LogP contribution in [0.25, 0.3) is 0 Å². The Hall–Kier alpha value is -1.38. The number of carbonyl (C=O) groups excluding carboxylic acids is 1.